The molecule has 1 aliphatic heterocycles. The van der Waals surface area contributed by atoms with Crippen molar-refractivity contribution in [3.63, 3.8) is 0 Å². The molecular formula is C37H51N2O3+. The Hall–Kier alpha value is -3.34. The molecule has 0 amide bonds. The van der Waals surface area contributed by atoms with E-state index in [0.717, 1.165) is 56.7 Å². The smallest absolute Gasteiger partial charge is 0.347 e. The van der Waals surface area contributed by atoms with Crippen LogP contribution in [0.3, 0.4) is 0 Å². The molecule has 0 bridgehead atoms. The van der Waals surface area contributed by atoms with E-state index in [-0.39, 0.29) is 16.7 Å². The lowest BCUT2D eigenvalue weighted by Gasteiger charge is -2.25. The van der Waals surface area contributed by atoms with E-state index >= 15 is 0 Å². The van der Waals surface area contributed by atoms with Crippen molar-refractivity contribution < 1.29 is 14.1 Å². The van der Waals surface area contributed by atoms with E-state index in [0.29, 0.717) is 11.0 Å². The average Bonchev–Trinajstić information content (AvgIpc) is 3.20. The Morgan fingerprint density at radius 3 is 2.19 bits per heavy atom. The zero-order valence-electron chi connectivity index (χ0n) is 26.5. The molecule has 0 spiro atoms. The van der Waals surface area contributed by atoms with Gasteiger partial charge in [0.25, 0.3) is 0 Å². The lowest BCUT2D eigenvalue weighted by molar-refractivity contribution is -0.438. The molecule has 2 aromatic carbocycles. The van der Waals surface area contributed by atoms with Crippen LogP contribution in [0.4, 0.5) is 11.4 Å². The number of nitrogens with zero attached hydrogens (tertiary/aromatic N) is 2. The zero-order valence-corrected chi connectivity index (χ0v) is 26.5. The van der Waals surface area contributed by atoms with E-state index in [1.165, 1.54) is 49.8 Å². The van der Waals surface area contributed by atoms with E-state index in [4.69, 9.17) is 4.42 Å². The number of aromatic hydroxyl groups is 1. The molecule has 0 saturated carbocycles. The van der Waals surface area contributed by atoms with Crippen molar-refractivity contribution in [1.82, 2.24) is 0 Å². The summed E-state index contributed by atoms with van der Waals surface area (Å²) in [7, 11) is 0. The number of fused-ring (bicyclic) bond motifs is 2. The highest BCUT2D eigenvalue weighted by molar-refractivity contribution is 6.05. The van der Waals surface area contributed by atoms with Gasteiger partial charge in [-0.25, -0.2) is 4.79 Å². The second kappa shape index (κ2) is 14.7. The monoisotopic (exact) mass is 571 g/mol. The average molecular weight is 572 g/mol. The quantitative estimate of drug-likeness (QED) is 0.106. The van der Waals surface area contributed by atoms with Gasteiger partial charge in [-0.1, -0.05) is 83.9 Å². The molecule has 0 fully saturated rings. The third-order valence-electron chi connectivity index (χ3n) is 8.77. The summed E-state index contributed by atoms with van der Waals surface area (Å²) in [6.45, 7) is 14.0. The fourth-order valence-electron chi connectivity index (χ4n) is 6.22. The van der Waals surface area contributed by atoms with Crippen molar-refractivity contribution in [2.75, 3.05) is 24.5 Å². The number of unbranched alkanes of at least 4 members (excludes halogenated alkanes) is 7. The summed E-state index contributed by atoms with van der Waals surface area (Å²) in [5.41, 5.74) is 4.55. The summed E-state index contributed by atoms with van der Waals surface area (Å²) >= 11 is 0. The van der Waals surface area contributed by atoms with E-state index in [1.54, 1.807) is 6.08 Å². The number of anilines is 1. The number of hydrogen-bond acceptors (Lipinski definition) is 4. The van der Waals surface area contributed by atoms with Crippen LogP contribution >= 0.6 is 0 Å². The molecule has 1 N–H and O–H groups in total. The van der Waals surface area contributed by atoms with Gasteiger partial charge in [-0.2, -0.15) is 4.58 Å². The van der Waals surface area contributed by atoms with Crippen LogP contribution in [0.1, 0.15) is 110 Å². The van der Waals surface area contributed by atoms with Crippen LogP contribution < -0.4 is 10.5 Å². The lowest BCUT2D eigenvalue weighted by atomic mass is 9.81. The van der Waals surface area contributed by atoms with Crippen LogP contribution in [0, 0.1) is 0 Å². The summed E-state index contributed by atoms with van der Waals surface area (Å²) in [4.78, 5) is 15.7. The Morgan fingerprint density at radius 2 is 1.52 bits per heavy atom. The Balaban J connectivity index is 1.65. The van der Waals surface area contributed by atoms with Gasteiger partial charge in [-0.05, 0) is 44.9 Å². The molecular weight excluding hydrogens is 520 g/mol. The van der Waals surface area contributed by atoms with E-state index in [9.17, 15) is 9.90 Å². The Kier molecular flexibility index (Phi) is 11.1. The minimum Gasteiger partial charge on any atom is -0.506 e. The maximum atomic E-state index is 13.2. The molecule has 1 aromatic heterocycles. The first-order chi connectivity index (χ1) is 20.3. The fraction of sp³-hybridized carbons (Fsp3) is 0.514. The number of hydrogen-bond donors (Lipinski definition) is 1. The number of rotatable bonds is 16. The van der Waals surface area contributed by atoms with Gasteiger partial charge in [-0.3, -0.25) is 0 Å². The summed E-state index contributed by atoms with van der Waals surface area (Å²) in [5.74, 6) is -0.0180. The van der Waals surface area contributed by atoms with Gasteiger partial charge in [-0.15, -0.1) is 0 Å². The summed E-state index contributed by atoms with van der Waals surface area (Å²) < 4.78 is 8.21. The Bertz CT molecular complexity index is 1450. The maximum Gasteiger partial charge on any atom is 0.347 e. The molecule has 3 aromatic rings. The SMILES string of the molecule is CCCCCCN(CCCCCC)c1ccc2c(O)c(/C=C/C3=[N+](CCCC)c4ccccc4C3(C)C)c(=O)oc2c1. The van der Waals surface area contributed by atoms with Crippen LogP contribution in [0.25, 0.3) is 17.0 Å². The molecule has 42 heavy (non-hydrogen) atoms. The topological polar surface area (TPSA) is 56.7 Å². The van der Waals surface area contributed by atoms with Crippen LogP contribution in [0.2, 0.25) is 0 Å². The van der Waals surface area contributed by atoms with E-state index in [1.807, 2.05) is 18.2 Å². The van der Waals surface area contributed by atoms with E-state index in [2.05, 4.69) is 74.4 Å². The van der Waals surface area contributed by atoms with Crippen LogP contribution in [0.15, 0.2) is 57.8 Å². The van der Waals surface area contributed by atoms with Gasteiger partial charge in [0.05, 0.1) is 10.8 Å². The molecule has 0 aliphatic carbocycles. The Labute approximate surface area is 252 Å². The molecule has 2 heterocycles. The molecule has 1 aliphatic rings. The first kappa shape index (κ1) is 31.6. The molecule has 0 unspecified atom stereocenters. The number of benzene rings is 2. The summed E-state index contributed by atoms with van der Waals surface area (Å²) in [6, 6.07) is 14.4. The molecule has 0 radical (unpaired) electrons. The third kappa shape index (κ3) is 6.99. The molecule has 5 heteroatoms. The predicted octanol–water partition coefficient (Wildman–Crippen LogP) is 9.36. The second-order valence-corrected chi connectivity index (χ2v) is 12.3. The van der Waals surface area contributed by atoms with E-state index < -0.39 is 5.63 Å². The van der Waals surface area contributed by atoms with Gasteiger partial charge in [0, 0.05) is 49.0 Å². The summed E-state index contributed by atoms with van der Waals surface area (Å²) in [5, 5.41) is 11.9. The molecule has 0 atom stereocenters. The van der Waals surface area contributed by atoms with Gasteiger partial charge in [0.2, 0.25) is 5.69 Å². The van der Waals surface area contributed by atoms with Crippen molar-refractivity contribution in [2.45, 2.75) is 104 Å². The highest BCUT2D eigenvalue weighted by Crippen LogP contribution is 2.40. The molecule has 226 valence electrons. The standard InChI is InChI=1S/C37H50N2O3/c1-6-9-12-16-24-38(25-17-13-10-7-2)28-20-21-29-33(27-28)42-36(41)30(35(29)40)22-23-34-37(4,5)31-18-14-15-19-32(31)39(34)26-11-8-3/h14-15,18-23,27H,6-13,16-17,24-26H2,1-5H3/p+1. The van der Waals surface area contributed by atoms with Gasteiger partial charge >= 0.3 is 5.63 Å². The van der Waals surface area contributed by atoms with Crippen molar-refractivity contribution in [2.24, 2.45) is 0 Å². The minimum atomic E-state index is -0.514. The van der Waals surface area contributed by atoms with Crippen LogP contribution in [-0.4, -0.2) is 35.0 Å². The van der Waals surface area contributed by atoms with Crippen molar-refractivity contribution >= 4 is 34.1 Å². The van der Waals surface area contributed by atoms with Crippen molar-refractivity contribution in [1.29, 1.82) is 0 Å². The maximum absolute atomic E-state index is 13.2. The highest BCUT2D eigenvalue weighted by Gasteiger charge is 2.43. The second-order valence-electron chi connectivity index (χ2n) is 12.3. The largest absolute Gasteiger partial charge is 0.506 e. The minimum absolute atomic E-state index is 0.0180. The fourth-order valence-corrected chi connectivity index (χ4v) is 6.22. The molecule has 0 saturated heterocycles. The van der Waals surface area contributed by atoms with Crippen molar-refractivity contribution in [3.8, 4) is 5.75 Å². The zero-order chi connectivity index (χ0) is 30.1. The summed E-state index contributed by atoms with van der Waals surface area (Å²) in [6.07, 6.45) is 15.6. The third-order valence-corrected chi connectivity index (χ3v) is 8.77. The first-order valence-electron chi connectivity index (χ1n) is 16.3. The highest BCUT2D eigenvalue weighted by atomic mass is 16.4. The Morgan fingerprint density at radius 1 is 0.857 bits per heavy atom. The van der Waals surface area contributed by atoms with Crippen LogP contribution in [-0.2, 0) is 5.41 Å². The number of allylic oxidation sites excluding steroid dienone is 1. The predicted molar refractivity (Wildman–Crippen MR) is 178 cm³/mol. The molecule has 5 nitrogen and oxygen atoms in total. The van der Waals surface area contributed by atoms with Gasteiger partial charge < -0.3 is 14.4 Å². The van der Waals surface area contributed by atoms with Crippen LogP contribution in [0.5, 0.6) is 5.75 Å². The first-order valence-corrected chi connectivity index (χ1v) is 16.3. The van der Waals surface area contributed by atoms with Gasteiger partial charge in [0.15, 0.2) is 5.71 Å². The van der Waals surface area contributed by atoms with Gasteiger partial charge in [0.1, 0.15) is 23.4 Å². The van der Waals surface area contributed by atoms with Crippen molar-refractivity contribution in [3.05, 3.63) is 70.1 Å². The lowest BCUT2D eigenvalue weighted by Crippen LogP contribution is -2.28. The normalized spacial score (nSPS) is 14.3. The molecule has 4 rings (SSSR count). The number of para-hydroxylation sites is 1.